The van der Waals surface area contributed by atoms with Crippen LogP contribution in [0.3, 0.4) is 0 Å². The second-order valence-corrected chi connectivity index (χ2v) is 4.57. The maximum Gasteiger partial charge on any atom is 0.0122 e. The third kappa shape index (κ3) is 13.9. The summed E-state index contributed by atoms with van der Waals surface area (Å²) in [7, 11) is 0. The van der Waals surface area contributed by atoms with Gasteiger partial charge in [0.05, 0.1) is 0 Å². The van der Waals surface area contributed by atoms with Gasteiger partial charge in [0.2, 0.25) is 0 Å². The molecule has 0 amide bonds. The first-order valence-electron chi connectivity index (χ1n) is 7.03. The second-order valence-electron chi connectivity index (χ2n) is 4.57. The van der Waals surface area contributed by atoms with Crippen LogP contribution in [0.15, 0.2) is 0 Å². The van der Waals surface area contributed by atoms with E-state index in [1.165, 1.54) is 64.2 Å². The SMILES string of the molecule is CCCCCCCCCCCCCNNO. The van der Waals surface area contributed by atoms with E-state index in [1.54, 1.807) is 0 Å². The predicted molar refractivity (Wildman–Crippen MR) is 69.4 cm³/mol. The van der Waals surface area contributed by atoms with Crippen LogP contribution < -0.4 is 11.0 Å². The molecule has 0 aliphatic rings. The van der Waals surface area contributed by atoms with Crippen LogP contribution in [0.25, 0.3) is 0 Å². The molecule has 0 heterocycles. The maximum atomic E-state index is 8.27. The summed E-state index contributed by atoms with van der Waals surface area (Å²) >= 11 is 0. The molecule has 16 heavy (non-hydrogen) atoms. The van der Waals surface area contributed by atoms with Gasteiger partial charge in [-0.3, -0.25) is 0 Å². The maximum absolute atomic E-state index is 8.27. The lowest BCUT2D eigenvalue weighted by Gasteiger charge is -2.03. The minimum absolute atomic E-state index is 0.855. The van der Waals surface area contributed by atoms with Gasteiger partial charge in [0.15, 0.2) is 0 Å². The van der Waals surface area contributed by atoms with E-state index in [2.05, 4.69) is 12.3 Å². The minimum Gasteiger partial charge on any atom is -0.302 e. The van der Waals surface area contributed by atoms with Gasteiger partial charge in [-0.1, -0.05) is 71.1 Å². The fraction of sp³-hybridized carbons (Fsp3) is 1.00. The van der Waals surface area contributed by atoms with Gasteiger partial charge in [-0.15, -0.1) is 5.59 Å². The van der Waals surface area contributed by atoms with Gasteiger partial charge in [-0.05, 0) is 6.42 Å². The van der Waals surface area contributed by atoms with Crippen molar-refractivity contribution in [2.75, 3.05) is 6.54 Å². The molecule has 0 atom stereocenters. The van der Waals surface area contributed by atoms with Crippen molar-refractivity contribution < 1.29 is 5.21 Å². The van der Waals surface area contributed by atoms with Gasteiger partial charge in [0.25, 0.3) is 0 Å². The topological polar surface area (TPSA) is 44.3 Å². The first-order valence-corrected chi connectivity index (χ1v) is 7.03. The highest BCUT2D eigenvalue weighted by Crippen LogP contribution is 2.10. The van der Waals surface area contributed by atoms with Crippen molar-refractivity contribution in [2.24, 2.45) is 0 Å². The summed E-state index contributed by atoms with van der Waals surface area (Å²) in [6.45, 7) is 3.12. The molecule has 0 aromatic carbocycles. The first kappa shape index (κ1) is 15.9. The average Bonchev–Trinajstić information content (AvgIpc) is 2.31. The van der Waals surface area contributed by atoms with Crippen molar-refractivity contribution in [1.82, 2.24) is 11.0 Å². The highest BCUT2D eigenvalue weighted by Gasteiger charge is 1.92. The molecule has 0 aromatic rings. The van der Waals surface area contributed by atoms with Crippen LogP contribution in [-0.4, -0.2) is 11.8 Å². The van der Waals surface area contributed by atoms with E-state index in [0.29, 0.717) is 0 Å². The van der Waals surface area contributed by atoms with Crippen LogP contribution in [0.2, 0.25) is 0 Å². The minimum atomic E-state index is 0.855. The van der Waals surface area contributed by atoms with Crippen molar-refractivity contribution in [3.63, 3.8) is 0 Å². The third-order valence-electron chi connectivity index (χ3n) is 2.98. The molecule has 3 heteroatoms. The molecule has 3 N–H and O–H groups in total. The van der Waals surface area contributed by atoms with Crippen molar-refractivity contribution in [1.29, 1.82) is 0 Å². The lowest BCUT2D eigenvalue weighted by atomic mass is 10.1. The molecule has 3 nitrogen and oxygen atoms in total. The zero-order valence-electron chi connectivity index (χ0n) is 10.9. The molecule has 0 bridgehead atoms. The molecular weight excluding hydrogens is 200 g/mol. The Balaban J connectivity index is 2.83. The molecular formula is C13H30N2O. The smallest absolute Gasteiger partial charge is 0.0122 e. The van der Waals surface area contributed by atoms with Gasteiger partial charge in [0, 0.05) is 6.54 Å². The van der Waals surface area contributed by atoms with Crippen molar-refractivity contribution in [3.05, 3.63) is 0 Å². The standard InChI is InChI=1S/C13H30N2O/c1-2-3-4-5-6-7-8-9-10-11-12-13-14-15-16/h14-16H,2-13H2,1H3. The molecule has 0 fully saturated rings. The Hall–Kier alpha value is -0.120. The van der Waals surface area contributed by atoms with E-state index in [4.69, 9.17) is 5.21 Å². The molecule has 0 aromatic heterocycles. The number of nitrogens with one attached hydrogen (secondary N) is 2. The van der Waals surface area contributed by atoms with E-state index in [1.807, 2.05) is 5.59 Å². The van der Waals surface area contributed by atoms with Gasteiger partial charge < -0.3 is 5.21 Å². The summed E-state index contributed by atoms with van der Waals surface area (Å²) in [5, 5.41) is 8.27. The van der Waals surface area contributed by atoms with Crippen molar-refractivity contribution in [2.45, 2.75) is 77.6 Å². The number of hydrogen-bond acceptors (Lipinski definition) is 3. The summed E-state index contributed by atoms with van der Waals surface area (Å²) in [6.07, 6.45) is 15.0. The van der Waals surface area contributed by atoms with Crippen LogP contribution >= 0.6 is 0 Å². The van der Waals surface area contributed by atoms with Crippen LogP contribution in [0.4, 0.5) is 0 Å². The number of hydrogen-bond donors (Lipinski definition) is 3. The van der Waals surface area contributed by atoms with E-state index >= 15 is 0 Å². The van der Waals surface area contributed by atoms with E-state index in [0.717, 1.165) is 13.0 Å². The summed E-state index contributed by atoms with van der Waals surface area (Å²) in [5.41, 5.74) is 4.64. The molecule has 98 valence electrons. The largest absolute Gasteiger partial charge is 0.302 e. The Morgan fingerprint density at radius 3 is 1.56 bits per heavy atom. The number of hydrazine groups is 1. The Labute approximate surface area is 101 Å². The van der Waals surface area contributed by atoms with Crippen molar-refractivity contribution in [3.8, 4) is 0 Å². The first-order chi connectivity index (χ1) is 7.91. The molecule has 0 rings (SSSR count). The Morgan fingerprint density at radius 2 is 1.12 bits per heavy atom. The van der Waals surface area contributed by atoms with E-state index < -0.39 is 0 Å². The zero-order chi connectivity index (χ0) is 11.9. The van der Waals surface area contributed by atoms with Gasteiger partial charge in [-0.25, -0.2) is 5.43 Å². The molecule has 0 radical (unpaired) electrons. The Morgan fingerprint density at radius 1 is 0.688 bits per heavy atom. The quantitative estimate of drug-likeness (QED) is 0.333. The molecule has 0 aliphatic carbocycles. The summed E-state index contributed by atoms with van der Waals surface area (Å²) in [6, 6.07) is 0. The summed E-state index contributed by atoms with van der Waals surface area (Å²) in [4.78, 5) is 0. The highest BCUT2D eigenvalue weighted by atomic mass is 16.5. The van der Waals surface area contributed by atoms with E-state index in [-0.39, 0.29) is 0 Å². The highest BCUT2D eigenvalue weighted by molar-refractivity contribution is 4.48. The Kier molecular flexibility index (Phi) is 14.8. The Bertz CT molecular complexity index is 107. The molecule has 0 saturated carbocycles. The van der Waals surface area contributed by atoms with Crippen LogP contribution in [-0.2, 0) is 0 Å². The van der Waals surface area contributed by atoms with Crippen LogP contribution in [0.1, 0.15) is 77.6 Å². The van der Waals surface area contributed by atoms with Crippen LogP contribution in [0, 0.1) is 0 Å². The number of unbranched alkanes of at least 4 members (excludes halogenated alkanes) is 10. The second kappa shape index (κ2) is 14.9. The average molecular weight is 230 g/mol. The van der Waals surface area contributed by atoms with Gasteiger partial charge in [-0.2, -0.15) is 0 Å². The molecule has 0 saturated heterocycles. The lowest BCUT2D eigenvalue weighted by molar-refractivity contribution is 0.120. The predicted octanol–water partition coefficient (Wildman–Crippen LogP) is 3.78. The third-order valence-corrected chi connectivity index (χ3v) is 2.98. The van der Waals surface area contributed by atoms with Crippen LogP contribution in [0.5, 0.6) is 0 Å². The molecule has 0 aliphatic heterocycles. The summed E-state index contributed by atoms with van der Waals surface area (Å²) < 4.78 is 0. The monoisotopic (exact) mass is 230 g/mol. The van der Waals surface area contributed by atoms with Gasteiger partial charge in [0.1, 0.15) is 0 Å². The normalized spacial score (nSPS) is 10.9. The van der Waals surface area contributed by atoms with E-state index in [9.17, 15) is 0 Å². The lowest BCUT2D eigenvalue weighted by Crippen LogP contribution is -2.28. The van der Waals surface area contributed by atoms with Gasteiger partial charge >= 0.3 is 0 Å². The zero-order valence-corrected chi connectivity index (χ0v) is 10.9. The molecule has 0 spiro atoms. The van der Waals surface area contributed by atoms with Crippen molar-refractivity contribution >= 4 is 0 Å². The molecule has 0 unspecified atom stereocenters. The fourth-order valence-corrected chi connectivity index (χ4v) is 1.93. The fourth-order valence-electron chi connectivity index (χ4n) is 1.93. The summed E-state index contributed by atoms with van der Waals surface area (Å²) in [5.74, 6) is 0. The number of rotatable bonds is 13.